The van der Waals surface area contributed by atoms with Crippen LogP contribution in [0.4, 0.5) is 4.39 Å². The molecule has 116 valence electrons. The van der Waals surface area contributed by atoms with Gasteiger partial charge in [0.05, 0.1) is 18.3 Å². The average Bonchev–Trinajstić information content (AvgIpc) is 3.07. The zero-order chi connectivity index (χ0) is 15.3. The van der Waals surface area contributed by atoms with Gasteiger partial charge in [0.1, 0.15) is 12.0 Å². The lowest BCUT2D eigenvalue weighted by Gasteiger charge is -2.25. The molecule has 3 heterocycles. The molecule has 22 heavy (non-hydrogen) atoms. The highest BCUT2D eigenvalue weighted by Gasteiger charge is 2.36. The molecule has 1 aliphatic carbocycles. The summed E-state index contributed by atoms with van der Waals surface area (Å²) in [4.78, 5) is 13.0. The Kier molecular flexibility index (Phi) is 3.04. The van der Waals surface area contributed by atoms with E-state index >= 15 is 0 Å². The number of rotatable bonds is 4. The summed E-state index contributed by atoms with van der Waals surface area (Å²) in [6.45, 7) is 1.31. The minimum absolute atomic E-state index is 0.102. The number of nitrogens with zero attached hydrogens (tertiary/aromatic N) is 3. The largest absolute Gasteiger partial charge is 0.478 e. The molecule has 2 fully saturated rings. The van der Waals surface area contributed by atoms with Gasteiger partial charge in [0, 0.05) is 30.6 Å². The molecule has 3 aliphatic rings. The molecule has 4 rings (SSSR count). The van der Waals surface area contributed by atoms with E-state index in [2.05, 4.69) is 15.3 Å². The number of hydrogen-bond donors (Lipinski definition) is 2. The first-order valence-corrected chi connectivity index (χ1v) is 7.47. The minimum atomic E-state index is -0.981. The van der Waals surface area contributed by atoms with E-state index < -0.39 is 5.97 Å². The molecule has 2 unspecified atom stereocenters. The molecule has 2 atom stereocenters. The summed E-state index contributed by atoms with van der Waals surface area (Å²) in [5, 5.41) is 16.3. The summed E-state index contributed by atoms with van der Waals surface area (Å²) < 4.78 is 15.7. The van der Waals surface area contributed by atoms with Crippen molar-refractivity contribution in [1.82, 2.24) is 20.0 Å². The van der Waals surface area contributed by atoms with Crippen LogP contribution in [0.1, 0.15) is 23.2 Å². The van der Waals surface area contributed by atoms with Gasteiger partial charge in [0.2, 0.25) is 0 Å². The fourth-order valence-corrected chi connectivity index (χ4v) is 3.11. The van der Waals surface area contributed by atoms with Crippen LogP contribution in [-0.2, 0) is 6.54 Å². The van der Waals surface area contributed by atoms with E-state index in [4.69, 9.17) is 5.11 Å². The number of carboxylic acids is 1. The Balaban J connectivity index is 1.45. The predicted molar refractivity (Wildman–Crippen MR) is 76.6 cm³/mol. The van der Waals surface area contributed by atoms with Crippen molar-refractivity contribution >= 4 is 5.97 Å². The monoisotopic (exact) mass is 304 g/mol. The molecule has 1 saturated carbocycles. The topological polar surface area (TPSA) is 70.4 Å². The molecule has 1 aromatic heterocycles. The zero-order valence-corrected chi connectivity index (χ0v) is 11.9. The number of fused-ring (bicyclic) bond motifs is 1. The lowest BCUT2D eigenvalue weighted by Crippen LogP contribution is -2.35. The maximum Gasteiger partial charge on any atom is 0.338 e. The number of aromatic carboxylic acids is 1. The summed E-state index contributed by atoms with van der Waals surface area (Å²) >= 11 is 0. The maximum absolute atomic E-state index is 14.1. The van der Waals surface area contributed by atoms with Crippen molar-refractivity contribution in [3.63, 3.8) is 0 Å². The fourth-order valence-electron chi connectivity index (χ4n) is 3.11. The van der Waals surface area contributed by atoms with E-state index in [-0.39, 0.29) is 23.6 Å². The Labute approximate surface area is 126 Å². The summed E-state index contributed by atoms with van der Waals surface area (Å²) in [6.07, 6.45) is 8.47. The zero-order valence-electron chi connectivity index (χ0n) is 11.9. The predicted octanol–water partition coefficient (Wildman–Crippen LogP) is 1.34. The number of carboxylic acid groups (broad SMARTS) is 1. The number of hydrogen-bond acceptors (Lipinski definition) is 4. The van der Waals surface area contributed by atoms with Crippen molar-refractivity contribution in [2.45, 2.75) is 31.6 Å². The molecule has 6 nitrogen and oxygen atoms in total. The van der Waals surface area contributed by atoms with Crippen LogP contribution < -0.4 is 5.32 Å². The Hall–Kier alpha value is -2.15. The van der Waals surface area contributed by atoms with Crippen LogP contribution in [0.25, 0.3) is 0 Å². The van der Waals surface area contributed by atoms with Crippen LogP contribution in [0.2, 0.25) is 0 Å². The molecule has 2 N–H and O–H groups in total. The molecule has 2 aliphatic heterocycles. The number of halogens is 1. The van der Waals surface area contributed by atoms with Crippen molar-refractivity contribution in [3.05, 3.63) is 41.6 Å². The third-order valence-electron chi connectivity index (χ3n) is 4.38. The molecule has 0 aromatic carbocycles. The van der Waals surface area contributed by atoms with E-state index in [0.717, 1.165) is 25.0 Å². The third kappa shape index (κ3) is 2.41. The first-order chi connectivity index (χ1) is 10.6. The lowest BCUT2D eigenvalue weighted by molar-refractivity contribution is 0.0696. The lowest BCUT2D eigenvalue weighted by atomic mass is 10.1. The maximum atomic E-state index is 14.1. The van der Waals surface area contributed by atoms with Crippen molar-refractivity contribution in [2.24, 2.45) is 5.92 Å². The fraction of sp³-hybridized carbons (Fsp3) is 0.467. The molecule has 7 heteroatoms. The highest BCUT2D eigenvalue weighted by Crippen LogP contribution is 2.42. The van der Waals surface area contributed by atoms with Crippen LogP contribution in [-0.4, -0.2) is 44.5 Å². The Morgan fingerprint density at radius 3 is 3.00 bits per heavy atom. The quantitative estimate of drug-likeness (QED) is 0.878. The van der Waals surface area contributed by atoms with E-state index in [0.29, 0.717) is 12.5 Å². The SMILES string of the molecule is O=C(O)c1cnn(CC2CN3C=C(C4CC4)C(F)=CC3N2)c1. The van der Waals surface area contributed by atoms with Crippen molar-refractivity contribution in [3.8, 4) is 0 Å². The standard InChI is InChI=1S/C15H17FN4O2/c16-13-3-14-18-11(6-19(14)8-12(13)9-1-2-9)7-20-5-10(4-17-20)15(21)22/h3-5,8-9,11,14,18H,1-2,6-7H2,(H,21,22). The van der Waals surface area contributed by atoms with E-state index in [1.807, 2.05) is 6.20 Å². The number of nitrogens with one attached hydrogen (secondary N) is 1. The van der Waals surface area contributed by atoms with Crippen LogP contribution in [0.5, 0.6) is 0 Å². The van der Waals surface area contributed by atoms with Gasteiger partial charge in [-0.3, -0.25) is 10.00 Å². The molecule has 0 amide bonds. The normalized spacial score (nSPS) is 27.4. The number of allylic oxidation sites excluding steroid dienone is 2. The Morgan fingerprint density at radius 2 is 2.32 bits per heavy atom. The summed E-state index contributed by atoms with van der Waals surface area (Å²) in [5.74, 6) is -0.699. The molecule has 1 saturated heterocycles. The number of carbonyl (C=O) groups is 1. The smallest absolute Gasteiger partial charge is 0.338 e. The first-order valence-electron chi connectivity index (χ1n) is 7.47. The second-order valence-electron chi connectivity index (χ2n) is 6.13. The van der Waals surface area contributed by atoms with Gasteiger partial charge in [-0.15, -0.1) is 0 Å². The Bertz CT molecular complexity index is 677. The second kappa shape index (κ2) is 4.95. The molecular weight excluding hydrogens is 287 g/mol. The van der Waals surface area contributed by atoms with Crippen LogP contribution >= 0.6 is 0 Å². The van der Waals surface area contributed by atoms with Gasteiger partial charge in [0.15, 0.2) is 0 Å². The van der Waals surface area contributed by atoms with Gasteiger partial charge in [-0.05, 0) is 24.8 Å². The summed E-state index contributed by atoms with van der Waals surface area (Å²) in [5.41, 5.74) is 1.00. The van der Waals surface area contributed by atoms with E-state index in [1.165, 1.54) is 12.4 Å². The molecular formula is C15H17FN4O2. The van der Waals surface area contributed by atoms with Gasteiger partial charge < -0.3 is 10.0 Å². The second-order valence-corrected chi connectivity index (χ2v) is 6.13. The highest BCUT2D eigenvalue weighted by molar-refractivity contribution is 5.86. The van der Waals surface area contributed by atoms with E-state index in [1.54, 1.807) is 10.8 Å². The molecule has 0 bridgehead atoms. The highest BCUT2D eigenvalue weighted by atomic mass is 19.1. The van der Waals surface area contributed by atoms with Gasteiger partial charge in [0.25, 0.3) is 0 Å². The first kappa shape index (κ1) is 13.5. The molecule has 0 radical (unpaired) electrons. The van der Waals surface area contributed by atoms with Crippen LogP contribution in [0.3, 0.4) is 0 Å². The van der Waals surface area contributed by atoms with Gasteiger partial charge in [-0.1, -0.05) is 0 Å². The molecule has 0 spiro atoms. The summed E-state index contributed by atoms with van der Waals surface area (Å²) in [6, 6.07) is 0.102. The minimum Gasteiger partial charge on any atom is -0.478 e. The third-order valence-corrected chi connectivity index (χ3v) is 4.38. The van der Waals surface area contributed by atoms with Gasteiger partial charge in [-0.25, -0.2) is 9.18 Å². The van der Waals surface area contributed by atoms with Gasteiger partial charge in [-0.2, -0.15) is 5.10 Å². The van der Waals surface area contributed by atoms with Crippen molar-refractivity contribution in [1.29, 1.82) is 0 Å². The van der Waals surface area contributed by atoms with Crippen LogP contribution in [0, 0.1) is 5.92 Å². The molecule has 1 aromatic rings. The van der Waals surface area contributed by atoms with Crippen molar-refractivity contribution < 1.29 is 14.3 Å². The average molecular weight is 304 g/mol. The van der Waals surface area contributed by atoms with Gasteiger partial charge >= 0.3 is 5.97 Å². The number of aromatic nitrogens is 2. The van der Waals surface area contributed by atoms with Crippen molar-refractivity contribution in [2.75, 3.05) is 6.54 Å². The van der Waals surface area contributed by atoms with Crippen LogP contribution in [0.15, 0.2) is 36.1 Å². The summed E-state index contributed by atoms with van der Waals surface area (Å²) in [7, 11) is 0. The van der Waals surface area contributed by atoms with E-state index in [9.17, 15) is 9.18 Å². The Morgan fingerprint density at radius 1 is 1.50 bits per heavy atom.